The van der Waals surface area contributed by atoms with Crippen LogP contribution in [0.3, 0.4) is 0 Å². The van der Waals surface area contributed by atoms with Crippen molar-refractivity contribution in [3.63, 3.8) is 0 Å². The van der Waals surface area contributed by atoms with E-state index in [2.05, 4.69) is 15.6 Å². The Hall–Kier alpha value is -2.31. The van der Waals surface area contributed by atoms with Gasteiger partial charge in [0.2, 0.25) is 0 Å². The standard InChI is InChI=1S/C10H8F2N4O/c11-7-1-2-8(9(12)3-7)10(17)4-15-16-5-13-14-6-16/h1-3,5-6,15H,4H2. The Morgan fingerprint density at radius 1 is 1.29 bits per heavy atom. The number of hydrogen-bond acceptors (Lipinski definition) is 4. The molecule has 0 atom stereocenters. The average molecular weight is 238 g/mol. The topological polar surface area (TPSA) is 59.8 Å². The first-order chi connectivity index (χ1) is 8.16. The fourth-order valence-electron chi connectivity index (χ4n) is 1.26. The van der Waals surface area contributed by atoms with E-state index in [1.807, 2.05) is 0 Å². The third-order valence-corrected chi connectivity index (χ3v) is 2.07. The Morgan fingerprint density at radius 3 is 2.65 bits per heavy atom. The van der Waals surface area contributed by atoms with E-state index in [-0.39, 0.29) is 12.1 Å². The molecule has 88 valence electrons. The second kappa shape index (κ2) is 4.69. The molecule has 1 aromatic heterocycles. The Morgan fingerprint density at radius 2 is 2.00 bits per heavy atom. The molecule has 0 fully saturated rings. The number of carbonyl (C=O) groups excluding carboxylic acids is 1. The molecule has 0 amide bonds. The number of carbonyl (C=O) groups is 1. The SMILES string of the molecule is O=C(CNn1cnnc1)c1ccc(F)cc1F. The summed E-state index contributed by atoms with van der Waals surface area (Å²) >= 11 is 0. The number of nitrogens with zero attached hydrogens (tertiary/aromatic N) is 3. The molecule has 0 aliphatic carbocycles. The summed E-state index contributed by atoms with van der Waals surface area (Å²) in [7, 11) is 0. The van der Waals surface area contributed by atoms with Gasteiger partial charge < -0.3 is 5.43 Å². The number of aromatic nitrogens is 3. The van der Waals surface area contributed by atoms with Crippen molar-refractivity contribution in [2.24, 2.45) is 0 Å². The summed E-state index contributed by atoms with van der Waals surface area (Å²) in [6, 6.07) is 2.82. The van der Waals surface area contributed by atoms with E-state index in [4.69, 9.17) is 0 Å². The number of hydrogen-bond donors (Lipinski definition) is 1. The number of Topliss-reactive ketones (excluding diaryl/α,β-unsaturated/α-hetero) is 1. The fraction of sp³-hybridized carbons (Fsp3) is 0.100. The van der Waals surface area contributed by atoms with Crippen LogP contribution in [0.5, 0.6) is 0 Å². The lowest BCUT2D eigenvalue weighted by atomic mass is 10.1. The summed E-state index contributed by atoms with van der Waals surface area (Å²) in [5.41, 5.74) is 2.49. The molecular weight excluding hydrogens is 230 g/mol. The molecule has 0 spiro atoms. The molecule has 1 aromatic carbocycles. The first kappa shape index (κ1) is 11.2. The maximum atomic E-state index is 13.2. The maximum absolute atomic E-state index is 13.2. The lowest BCUT2D eigenvalue weighted by molar-refractivity contribution is 0.0999. The van der Waals surface area contributed by atoms with Gasteiger partial charge in [-0.15, -0.1) is 10.2 Å². The van der Waals surface area contributed by atoms with Gasteiger partial charge in [-0.3, -0.25) is 4.79 Å². The van der Waals surface area contributed by atoms with Crippen molar-refractivity contribution in [3.8, 4) is 0 Å². The molecule has 0 aliphatic rings. The molecule has 5 nitrogen and oxygen atoms in total. The minimum atomic E-state index is -0.874. The fourth-order valence-corrected chi connectivity index (χ4v) is 1.26. The molecule has 0 radical (unpaired) electrons. The molecule has 0 aliphatic heterocycles. The van der Waals surface area contributed by atoms with E-state index in [1.165, 1.54) is 17.3 Å². The van der Waals surface area contributed by atoms with Crippen LogP contribution in [0.25, 0.3) is 0 Å². The van der Waals surface area contributed by atoms with Crippen LogP contribution in [-0.4, -0.2) is 27.2 Å². The van der Waals surface area contributed by atoms with Crippen molar-refractivity contribution < 1.29 is 13.6 Å². The van der Waals surface area contributed by atoms with Gasteiger partial charge in [-0.05, 0) is 12.1 Å². The maximum Gasteiger partial charge on any atom is 0.186 e. The zero-order chi connectivity index (χ0) is 12.3. The molecule has 2 rings (SSSR count). The molecule has 7 heteroatoms. The first-order valence-corrected chi connectivity index (χ1v) is 4.73. The molecule has 1 heterocycles. The summed E-state index contributed by atoms with van der Waals surface area (Å²) in [5, 5.41) is 7.04. The second-order valence-electron chi connectivity index (χ2n) is 3.25. The molecular formula is C10H8F2N4O. The zero-order valence-corrected chi connectivity index (χ0v) is 8.60. The Balaban J connectivity index is 2.04. The van der Waals surface area contributed by atoms with Crippen molar-refractivity contribution >= 4 is 5.78 Å². The van der Waals surface area contributed by atoms with Gasteiger partial charge in [0.05, 0.1) is 12.1 Å². The van der Waals surface area contributed by atoms with Gasteiger partial charge in [0.25, 0.3) is 0 Å². The van der Waals surface area contributed by atoms with Crippen molar-refractivity contribution in [3.05, 3.63) is 48.1 Å². The number of ketones is 1. The minimum Gasteiger partial charge on any atom is -0.316 e. The van der Waals surface area contributed by atoms with Gasteiger partial charge in [-0.25, -0.2) is 13.5 Å². The van der Waals surface area contributed by atoms with E-state index in [0.717, 1.165) is 12.1 Å². The van der Waals surface area contributed by atoms with Crippen molar-refractivity contribution in [2.45, 2.75) is 0 Å². The summed E-state index contributed by atoms with van der Waals surface area (Å²) in [6.07, 6.45) is 2.71. The molecule has 0 unspecified atom stereocenters. The number of rotatable bonds is 4. The van der Waals surface area contributed by atoms with Gasteiger partial charge in [0, 0.05) is 6.07 Å². The molecule has 0 bridgehead atoms. The molecule has 0 saturated carbocycles. The summed E-state index contributed by atoms with van der Waals surface area (Å²) in [5.74, 6) is -2.08. The highest BCUT2D eigenvalue weighted by molar-refractivity contribution is 5.98. The highest BCUT2D eigenvalue weighted by Gasteiger charge is 2.12. The normalized spacial score (nSPS) is 10.2. The monoisotopic (exact) mass is 238 g/mol. The van der Waals surface area contributed by atoms with Crippen LogP contribution in [0.15, 0.2) is 30.9 Å². The van der Waals surface area contributed by atoms with Crippen LogP contribution in [0.4, 0.5) is 8.78 Å². The third kappa shape index (κ3) is 2.63. The van der Waals surface area contributed by atoms with Gasteiger partial charge in [0.15, 0.2) is 5.78 Å². The quantitative estimate of drug-likeness (QED) is 0.807. The van der Waals surface area contributed by atoms with E-state index in [9.17, 15) is 13.6 Å². The van der Waals surface area contributed by atoms with Gasteiger partial charge >= 0.3 is 0 Å². The van der Waals surface area contributed by atoms with Crippen LogP contribution in [-0.2, 0) is 0 Å². The van der Waals surface area contributed by atoms with Gasteiger partial charge in [0.1, 0.15) is 24.3 Å². The Kier molecular flexibility index (Phi) is 3.08. The van der Waals surface area contributed by atoms with E-state index >= 15 is 0 Å². The summed E-state index contributed by atoms with van der Waals surface area (Å²) in [6.45, 7) is -0.138. The highest BCUT2D eigenvalue weighted by Crippen LogP contribution is 2.09. The smallest absolute Gasteiger partial charge is 0.186 e. The second-order valence-corrected chi connectivity index (χ2v) is 3.25. The molecule has 0 saturated heterocycles. The predicted molar refractivity (Wildman–Crippen MR) is 54.9 cm³/mol. The number of benzene rings is 1. The van der Waals surface area contributed by atoms with E-state index < -0.39 is 17.4 Å². The zero-order valence-electron chi connectivity index (χ0n) is 8.60. The van der Waals surface area contributed by atoms with E-state index in [1.54, 1.807) is 0 Å². The van der Waals surface area contributed by atoms with E-state index in [0.29, 0.717) is 6.07 Å². The van der Waals surface area contributed by atoms with Crippen LogP contribution in [0.1, 0.15) is 10.4 Å². The van der Waals surface area contributed by atoms with Gasteiger partial charge in [-0.1, -0.05) is 0 Å². The lowest BCUT2D eigenvalue weighted by Gasteiger charge is -2.05. The lowest BCUT2D eigenvalue weighted by Crippen LogP contribution is -2.22. The average Bonchev–Trinajstić information content (AvgIpc) is 2.78. The Labute approximate surface area is 95.1 Å². The number of halogens is 2. The number of nitrogens with one attached hydrogen (secondary N) is 1. The summed E-state index contributed by atoms with van der Waals surface area (Å²) in [4.78, 5) is 11.6. The van der Waals surface area contributed by atoms with Crippen molar-refractivity contribution in [1.82, 2.24) is 14.9 Å². The molecule has 17 heavy (non-hydrogen) atoms. The van der Waals surface area contributed by atoms with Crippen LogP contribution < -0.4 is 5.43 Å². The first-order valence-electron chi connectivity index (χ1n) is 4.73. The largest absolute Gasteiger partial charge is 0.316 e. The Bertz CT molecular complexity index is 527. The van der Waals surface area contributed by atoms with Crippen LogP contribution in [0.2, 0.25) is 0 Å². The van der Waals surface area contributed by atoms with Crippen LogP contribution >= 0.6 is 0 Å². The summed E-state index contributed by atoms with van der Waals surface area (Å²) < 4.78 is 27.2. The van der Waals surface area contributed by atoms with Crippen LogP contribution in [0, 0.1) is 11.6 Å². The van der Waals surface area contributed by atoms with Crippen molar-refractivity contribution in [2.75, 3.05) is 12.0 Å². The van der Waals surface area contributed by atoms with Gasteiger partial charge in [-0.2, -0.15) is 0 Å². The minimum absolute atomic E-state index is 0.138. The third-order valence-electron chi connectivity index (χ3n) is 2.07. The van der Waals surface area contributed by atoms with Crippen molar-refractivity contribution in [1.29, 1.82) is 0 Å². The molecule has 2 aromatic rings. The molecule has 1 N–H and O–H groups in total. The predicted octanol–water partition coefficient (Wildman–Crippen LogP) is 0.983. The highest BCUT2D eigenvalue weighted by atomic mass is 19.1.